The molecular weight excluding hydrogens is 1270 g/mol. The van der Waals surface area contributed by atoms with Gasteiger partial charge in [-0.15, -0.1) is 0 Å². The summed E-state index contributed by atoms with van der Waals surface area (Å²) in [4.78, 5) is 72.9. The van der Waals surface area contributed by atoms with Crippen LogP contribution in [-0.2, 0) is 65.4 Å². The third kappa shape index (κ3) is 72.2. The van der Waals surface area contributed by atoms with Gasteiger partial charge in [-0.2, -0.15) is 0 Å². The molecule has 0 bridgehead atoms. The minimum absolute atomic E-state index is 0.106. The minimum atomic E-state index is -4.96. The van der Waals surface area contributed by atoms with Crippen LogP contribution in [0.5, 0.6) is 0 Å². The highest BCUT2D eigenvalue weighted by atomic mass is 31.2. The van der Waals surface area contributed by atoms with E-state index in [9.17, 15) is 43.2 Å². The summed E-state index contributed by atoms with van der Waals surface area (Å²) in [6, 6.07) is 0. The first-order chi connectivity index (χ1) is 46.6. The van der Waals surface area contributed by atoms with Crippen molar-refractivity contribution in [2.24, 2.45) is 23.7 Å². The second-order valence-electron chi connectivity index (χ2n) is 30.0. The molecule has 0 aromatic carbocycles. The van der Waals surface area contributed by atoms with Crippen molar-refractivity contribution in [3.63, 3.8) is 0 Å². The van der Waals surface area contributed by atoms with E-state index in [1.165, 1.54) is 193 Å². The molecule has 0 spiro atoms. The summed E-state index contributed by atoms with van der Waals surface area (Å²) in [7, 11) is -9.92. The van der Waals surface area contributed by atoms with Gasteiger partial charge in [0.25, 0.3) is 0 Å². The third-order valence-electron chi connectivity index (χ3n) is 18.1. The first-order valence-electron chi connectivity index (χ1n) is 40.2. The molecule has 0 aliphatic heterocycles. The Hall–Kier alpha value is -1.94. The van der Waals surface area contributed by atoms with E-state index in [0.29, 0.717) is 31.6 Å². The lowest BCUT2D eigenvalue weighted by atomic mass is 10.0. The molecule has 0 amide bonds. The van der Waals surface area contributed by atoms with E-state index in [1.54, 1.807) is 0 Å². The number of aliphatic hydroxyl groups is 1. The number of phosphoric acid groups is 2. The molecule has 0 fully saturated rings. The molecule has 97 heavy (non-hydrogen) atoms. The van der Waals surface area contributed by atoms with Gasteiger partial charge in [0.2, 0.25) is 0 Å². The summed E-state index contributed by atoms with van der Waals surface area (Å²) >= 11 is 0. The van der Waals surface area contributed by atoms with Crippen molar-refractivity contribution in [3.8, 4) is 0 Å². The van der Waals surface area contributed by atoms with Gasteiger partial charge >= 0.3 is 39.5 Å². The van der Waals surface area contributed by atoms with Gasteiger partial charge in [-0.25, -0.2) is 9.13 Å². The Balaban J connectivity index is 5.23. The predicted octanol–water partition coefficient (Wildman–Crippen LogP) is 22.8. The SMILES string of the molecule is CC(C)CCCCCCCCCCCCCCCCCCC(=O)O[C@H](COC(=O)CCCCCCCCCC(C)C)COP(=O)(O)OCC(O)COP(=O)(O)OC[C@@H](COC(=O)CCCCCCCCCCCCCC(C)C)OC(=O)CCCCCCCCCCCCCC(C)C. The summed E-state index contributed by atoms with van der Waals surface area (Å²) in [5, 5.41) is 10.6. The number of ether oxygens (including phenoxy) is 4. The largest absolute Gasteiger partial charge is 0.472 e. The Bertz CT molecular complexity index is 1900. The van der Waals surface area contributed by atoms with Crippen LogP contribution in [0.25, 0.3) is 0 Å². The summed E-state index contributed by atoms with van der Waals surface area (Å²) < 4.78 is 68.6. The number of unbranched alkanes of at least 4 members (excludes halogenated alkanes) is 41. The van der Waals surface area contributed by atoms with Crippen molar-refractivity contribution < 1.29 is 80.2 Å². The molecule has 0 saturated carbocycles. The van der Waals surface area contributed by atoms with Gasteiger partial charge in [-0.3, -0.25) is 37.3 Å². The number of rotatable bonds is 75. The highest BCUT2D eigenvalue weighted by Gasteiger charge is 2.30. The lowest BCUT2D eigenvalue weighted by molar-refractivity contribution is -0.161. The van der Waals surface area contributed by atoms with Gasteiger partial charge < -0.3 is 33.8 Å². The highest BCUT2D eigenvalue weighted by molar-refractivity contribution is 7.47. The molecule has 0 rings (SSSR count). The fraction of sp³-hybridized carbons (Fsp3) is 0.949. The number of hydrogen-bond donors (Lipinski definition) is 3. The Morgan fingerprint density at radius 3 is 0.639 bits per heavy atom. The zero-order valence-electron chi connectivity index (χ0n) is 63.7. The molecule has 3 N–H and O–H groups in total. The molecule has 0 aliphatic carbocycles. The zero-order chi connectivity index (χ0) is 71.7. The lowest BCUT2D eigenvalue weighted by Gasteiger charge is -2.21. The summed E-state index contributed by atoms with van der Waals surface area (Å²) in [6.07, 6.45) is 52.8. The maximum Gasteiger partial charge on any atom is 0.472 e. The molecule has 0 heterocycles. The van der Waals surface area contributed by atoms with Crippen LogP contribution >= 0.6 is 15.6 Å². The van der Waals surface area contributed by atoms with Crippen LogP contribution in [0.3, 0.4) is 0 Å². The molecule has 0 saturated heterocycles. The van der Waals surface area contributed by atoms with Crippen molar-refractivity contribution in [2.45, 2.75) is 414 Å². The molecular formula is C78H152O17P2. The molecule has 0 aliphatic rings. The molecule has 3 unspecified atom stereocenters. The van der Waals surface area contributed by atoms with Crippen molar-refractivity contribution in [3.05, 3.63) is 0 Å². The van der Waals surface area contributed by atoms with Gasteiger partial charge in [0, 0.05) is 25.7 Å². The Labute approximate surface area is 594 Å². The number of esters is 4. The van der Waals surface area contributed by atoms with Crippen LogP contribution in [0.1, 0.15) is 396 Å². The smallest absolute Gasteiger partial charge is 0.462 e. The second kappa shape index (κ2) is 67.2. The number of phosphoric ester groups is 2. The molecule has 0 radical (unpaired) electrons. The minimum Gasteiger partial charge on any atom is -0.462 e. The Morgan fingerprint density at radius 2 is 0.433 bits per heavy atom. The van der Waals surface area contributed by atoms with Crippen molar-refractivity contribution >= 4 is 39.5 Å². The molecule has 0 aromatic heterocycles. The Kier molecular flexibility index (Phi) is 65.9. The maximum absolute atomic E-state index is 13.1. The van der Waals surface area contributed by atoms with Crippen LogP contribution in [0.2, 0.25) is 0 Å². The van der Waals surface area contributed by atoms with E-state index in [4.69, 9.17) is 37.0 Å². The quantitative estimate of drug-likeness (QED) is 0.0222. The fourth-order valence-corrected chi connectivity index (χ4v) is 13.5. The van der Waals surface area contributed by atoms with Crippen molar-refractivity contribution in [1.29, 1.82) is 0 Å². The van der Waals surface area contributed by atoms with E-state index < -0.39 is 97.5 Å². The summed E-state index contributed by atoms with van der Waals surface area (Å²) in [5.74, 6) is 0.932. The van der Waals surface area contributed by atoms with Crippen LogP contribution in [-0.4, -0.2) is 96.7 Å². The zero-order valence-corrected chi connectivity index (χ0v) is 65.5. The molecule has 17 nitrogen and oxygen atoms in total. The first-order valence-corrected chi connectivity index (χ1v) is 43.2. The molecule has 576 valence electrons. The van der Waals surface area contributed by atoms with Gasteiger partial charge in [0.05, 0.1) is 26.4 Å². The van der Waals surface area contributed by atoms with Gasteiger partial charge in [-0.05, 0) is 49.4 Å². The Morgan fingerprint density at radius 1 is 0.258 bits per heavy atom. The maximum atomic E-state index is 13.1. The monoisotopic (exact) mass is 1420 g/mol. The number of hydrogen-bond acceptors (Lipinski definition) is 15. The van der Waals surface area contributed by atoms with E-state index in [-0.39, 0.29) is 25.7 Å². The van der Waals surface area contributed by atoms with Gasteiger partial charge in [-0.1, -0.05) is 344 Å². The average molecular weight is 1420 g/mol. The summed E-state index contributed by atoms with van der Waals surface area (Å²) in [5.41, 5.74) is 0. The van der Waals surface area contributed by atoms with Crippen LogP contribution in [0.4, 0.5) is 0 Å². The number of aliphatic hydroxyl groups excluding tert-OH is 1. The highest BCUT2D eigenvalue weighted by Crippen LogP contribution is 2.45. The third-order valence-corrected chi connectivity index (χ3v) is 20.0. The van der Waals surface area contributed by atoms with Crippen LogP contribution < -0.4 is 0 Å². The normalized spacial score (nSPS) is 14.1. The van der Waals surface area contributed by atoms with Crippen molar-refractivity contribution in [2.75, 3.05) is 39.6 Å². The van der Waals surface area contributed by atoms with Crippen LogP contribution in [0, 0.1) is 23.7 Å². The topological polar surface area (TPSA) is 237 Å². The lowest BCUT2D eigenvalue weighted by Crippen LogP contribution is -2.30. The van der Waals surface area contributed by atoms with Gasteiger partial charge in [0.1, 0.15) is 19.3 Å². The standard InChI is InChI=1S/C78H152O17P2/c1-68(2)54-46-38-30-23-17-13-11-9-10-12-14-20-27-35-44-52-60-77(82)95-74(65-89-76(81)59-51-43-37-29-33-41-49-57-71(7)8)67-93-97(86,87)91-63-72(79)62-90-96(84,85)92-66-73(94-78(83)61-53-45-36-28-22-16-19-25-32-40-48-56-70(5)6)64-88-75(80)58-50-42-34-26-21-15-18-24-31-39-47-55-69(3)4/h68-74,79H,9-67H2,1-8H3,(H,84,85)(H,86,87)/t72?,73-,74-/m1/s1. The van der Waals surface area contributed by atoms with E-state index >= 15 is 0 Å². The average Bonchev–Trinajstić information content (AvgIpc) is 1.43. The molecule has 19 heteroatoms. The van der Waals surface area contributed by atoms with E-state index in [1.807, 2.05) is 0 Å². The number of carbonyl (C=O) groups is 4. The van der Waals surface area contributed by atoms with E-state index in [0.717, 1.165) is 114 Å². The fourth-order valence-electron chi connectivity index (χ4n) is 11.9. The number of carbonyl (C=O) groups excluding carboxylic acids is 4. The second-order valence-corrected chi connectivity index (χ2v) is 32.9. The summed E-state index contributed by atoms with van der Waals surface area (Å²) in [6.45, 7) is 14.2. The van der Waals surface area contributed by atoms with Crippen molar-refractivity contribution in [1.82, 2.24) is 0 Å². The van der Waals surface area contributed by atoms with E-state index in [2.05, 4.69) is 55.4 Å². The van der Waals surface area contributed by atoms with Crippen LogP contribution in [0.15, 0.2) is 0 Å². The molecule has 5 atom stereocenters. The first kappa shape index (κ1) is 95.1. The molecule has 0 aromatic rings. The predicted molar refractivity (Wildman–Crippen MR) is 395 cm³/mol. The van der Waals surface area contributed by atoms with Gasteiger partial charge in [0.15, 0.2) is 12.2 Å².